The van der Waals surface area contributed by atoms with E-state index < -0.39 is 6.04 Å². The molecule has 2 aliphatic rings. The first-order valence-corrected chi connectivity index (χ1v) is 11.2. The second-order valence-electron chi connectivity index (χ2n) is 9.05. The fourth-order valence-corrected chi connectivity index (χ4v) is 4.78. The second kappa shape index (κ2) is 8.66. The lowest BCUT2D eigenvalue weighted by Gasteiger charge is -2.33. The van der Waals surface area contributed by atoms with Gasteiger partial charge in [-0.2, -0.15) is 0 Å². The van der Waals surface area contributed by atoms with Crippen molar-refractivity contribution in [2.75, 3.05) is 4.90 Å². The highest BCUT2D eigenvalue weighted by atomic mass is 16.2. The van der Waals surface area contributed by atoms with Gasteiger partial charge < -0.3 is 4.90 Å². The minimum Gasteiger partial charge on any atom is -0.323 e. The van der Waals surface area contributed by atoms with Crippen molar-refractivity contribution in [3.05, 3.63) is 65.2 Å². The standard InChI is InChI=1S/C26H30N2O3/c1-17(2)19-11-13-22(14-12-19)28-24(29)16-23(26(28)31)27(21-9-4-5-10-21)25(30)20-8-6-7-18(3)15-20/h6-8,11-15,17,21,23H,4-5,9-10,16H2,1-3H3. The van der Waals surface area contributed by atoms with Crippen molar-refractivity contribution in [2.45, 2.75) is 70.9 Å². The molecule has 1 aliphatic carbocycles. The molecule has 162 valence electrons. The number of hydrogen-bond acceptors (Lipinski definition) is 3. The monoisotopic (exact) mass is 418 g/mol. The summed E-state index contributed by atoms with van der Waals surface area (Å²) in [7, 11) is 0. The molecule has 1 aliphatic heterocycles. The van der Waals surface area contributed by atoms with Crippen LogP contribution in [0.4, 0.5) is 5.69 Å². The Balaban J connectivity index is 1.65. The van der Waals surface area contributed by atoms with Crippen molar-refractivity contribution < 1.29 is 14.4 Å². The van der Waals surface area contributed by atoms with Gasteiger partial charge in [-0.05, 0) is 55.5 Å². The molecule has 0 bridgehead atoms. The number of imide groups is 1. The van der Waals surface area contributed by atoms with Crippen LogP contribution in [0.3, 0.4) is 0 Å². The summed E-state index contributed by atoms with van der Waals surface area (Å²) in [5, 5.41) is 0. The van der Waals surface area contributed by atoms with Gasteiger partial charge in [0.25, 0.3) is 11.8 Å². The van der Waals surface area contributed by atoms with Gasteiger partial charge in [-0.3, -0.25) is 14.4 Å². The Morgan fingerprint density at radius 3 is 2.32 bits per heavy atom. The Morgan fingerprint density at radius 1 is 1.03 bits per heavy atom. The van der Waals surface area contributed by atoms with Gasteiger partial charge in [0.2, 0.25) is 5.91 Å². The maximum Gasteiger partial charge on any atom is 0.257 e. The van der Waals surface area contributed by atoms with E-state index in [1.165, 1.54) is 4.90 Å². The molecule has 2 aromatic carbocycles. The van der Waals surface area contributed by atoms with E-state index in [9.17, 15) is 14.4 Å². The Morgan fingerprint density at radius 2 is 1.71 bits per heavy atom. The van der Waals surface area contributed by atoms with Crippen molar-refractivity contribution in [3.63, 3.8) is 0 Å². The summed E-state index contributed by atoms with van der Waals surface area (Å²) in [6.45, 7) is 6.16. The fourth-order valence-electron chi connectivity index (χ4n) is 4.78. The smallest absolute Gasteiger partial charge is 0.257 e. The van der Waals surface area contributed by atoms with Crippen molar-refractivity contribution >= 4 is 23.4 Å². The highest BCUT2D eigenvalue weighted by Crippen LogP contribution is 2.33. The third-order valence-corrected chi connectivity index (χ3v) is 6.49. The highest BCUT2D eigenvalue weighted by Gasteiger charge is 2.47. The van der Waals surface area contributed by atoms with Crippen LogP contribution in [0.5, 0.6) is 0 Å². The molecule has 5 nitrogen and oxygen atoms in total. The molecule has 2 fully saturated rings. The predicted octanol–water partition coefficient (Wildman–Crippen LogP) is 4.84. The molecule has 2 aromatic rings. The number of nitrogens with zero attached hydrogens (tertiary/aromatic N) is 2. The fraction of sp³-hybridized carbons (Fsp3) is 0.423. The molecule has 1 saturated carbocycles. The highest BCUT2D eigenvalue weighted by molar-refractivity contribution is 6.23. The molecule has 5 heteroatoms. The molecule has 0 aromatic heterocycles. The van der Waals surface area contributed by atoms with Crippen molar-refractivity contribution in [2.24, 2.45) is 0 Å². The molecule has 0 N–H and O–H groups in total. The van der Waals surface area contributed by atoms with Crippen molar-refractivity contribution in [1.82, 2.24) is 4.90 Å². The molecule has 4 rings (SSSR count). The third kappa shape index (κ3) is 4.14. The van der Waals surface area contributed by atoms with E-state index in [0.717, 1.165) is 36.8 Å². The van der Waals surface area contributed by atoms with Gasteiger partial charge in [-0.15, -0.1) is 0 Å². The van der Waals surface area contributed by atoms with Gasteiger partial charge in [0.05, 0.1) is 12.1 Å². The number of anilines is 1. The number of aryl methyl sites for hydroxylation is 1. The molecular formula is C26H30N2O3. The number of carbonyl (C=O) groups excluding carboxylic acids is 3. The average Bonchev–Trinajstić information content (AvgIpc) is 3.37. The molecule has 31 heavy (non-hydrogen) atoms. The quantitative estimate of drug-likeness (QED) is 0.653. The maximum atomic E-state index is 13.5. The maximum absolute atomic E-state index is 13.5. The van der Waals surface area contributed by atoms with E-state index in [1.807, 2.05) is 49.4 Å². The van der Waals surface area contributed by atoms with Gasteiger partial charge in [0, 0.05) is 11.6 Å². The van der Waals surface area contributed by atoms with Crippen LogP contribution in [0.15, 0.2) is 48.5 Å². The minimum absolute atomic E-state index is 0.00182. The van der Waals surface area contributed by atoms with E-state index in [0.29, 0.717) is 17.2 Å². The lowest BCUT2D eigenvalue weighted by Crippen LogP contribution is -2.50. The Bertz CT molecular complexity index is 990. The number of benzene rings is 2. The molecule has 1 heterocycles. The Hall–Kier alpha value is -2.95. The largest absolute Gasteiger partial charge is 0.323 e. The zero-order valence-corrected chi connectivity index (χ0v) is 18.5. The summed E-state index contributed by atoms with van der Waals surface area (Å²) in [4.78, 5) is 42.9. The van der Waals surface area contributed by atoms with Crippen molar-refractivity contribution in [1.29, 1.82) is 0 Å². The van der Waals surface area contributed by atoms with Gasteiger partial charge >= 0.3 is 0 Å². The molecule has 3 amide bonds. The number of hydrogen-bond donors (Lipinski definition) is 0. The summed E-state index contributed by atoms with van der Waals surface area (Å²) < 4.78 is 0. The summed E-state index contributed by atoms with van der Waals surface area (Å²) in [5.74, 6) is -0.321. The van der Waals surface area contributed by atoms with Crippen molar-refractivity contribution in [3.8, 4) is 0 Å². The van der Waals surface area contributed by atoms with Crippen LogP contribution in [-0.4, -0.2) is 34.7 Å². The predicted molar refractivity (Wildman–Crippen MR) is 121 cm³/mol. The number of amides is 3. The summed E-state index contributed by atoms with van der Waals surface area (Å²) in [6.07, 6.45) is 3.87. The molecule has 1 unspecified atom stereocenters. The topological polar surface area (TPSA) is 57.7 Å². The van der Waals surface area contributed by atoms with Crippen LogP contribution in [0, 0.1) is 6.92 Å². The van der Waals surface area contributed by atoms with Crippen LogP contribution >= 0.6 is 0 Å². The summed E-state index contributed by atoms with van der Waals surface area (Å²) >= 11 is 0. The van der Waals surface area contributed by atoms with Gasteiger partial charge in [-0.1, -0.05) is 56.5 Å². The van der Waals surface area contributed by atoms with E-state index in [1.54, 1.807) is 11.0 Å². The minimum atomic E-state index is -0.742. The molecule has 0 spiro atoms. The van der Waals surface area contributed by atoms with Crippen LogP contribution in [0.2, 0.25) is 0 Å². The average molecular weight is 419 g/mol. The van der Waals surface area contributed by atoms with Gasteiger partial charge in [0.1, 0.15) is 6.04 Å². The first kappa shape index (κ1) is 21.3. The normalized spacial score (nSPS) is 19.5. The van der Waals surface area contributed by atoms with Gasteiger partial charge in [0.15, 0.2) is 0 Å². The van der Waals surface area contributed by atoms with E-state index in [2.05, 4.69) is 13.8 Å². The van der Waals surface area contributed by atoms with E-state index >= 15 is 0 Å². The van der Waals surface area contributed by atoms with E-state index in [4.69, 9.17) is 0 Å². The Labute approximate surface area is 184 Å². The first-order valence-electron chi connectivity index (χ1n) is 11.2. The number of carbonyl (C=O) groups is 3. The van der Waals surface area contributed by atoms with Crippen LogP contribution in [-0.2, 0) is 9.59 Å². The molecule has 1 atom stereocenters. The lowest BCUT2D eigenvalue weighted by molar-refractivity contribution is -0.123. The van der Waals surface area contributed by atoms with E-state index in [-0.39, 0.29) is 30.2 Å². The van der Waals surface area contributed by atoms with Crippen LogP contribution < -0.4 is 4.90 Å². The first-order chi connectivity index (χ1) is 14.9. The van der Waals surface area contributed by atoms with Crippen LogP contribution in [0.25, 0.3) is 0 Å². The van der Waals surface area contributed by atoms with Gasteiger partial charge in [-0.25, -0.2) is 4.90 Å². The zero-order chi connectivity index (χ0) is 22.1. The third-order valence-electron chi connectivity index (χ3n) is 6.49. The lowest BCUT2D eigenvalue weighted by atomic mass is 10.0. The molecule has 1 saturated heterocycles. The van der Waals surface area contributed by atoms with Crippen LogP contribution in [0.1, 0.15) is 73.4 Å². The zero-order valence-electron chi connectivity index (χ0n) is 18.5. The summed E-state index contributed by atoms with van der Waals surface area (Å²) in [5.41, 5.74) is 3.31. The SMILES string of the molecule is Cc1cccc(C(=O)N(C2CCCC2)C2CC(=O)N(c3ccc(C(C)C)cc3)C2=O)c1. The molecular weight excluding hydrogens is 388 g/mol. The molecule has 0 radical (unpaired) electrons. The second-order valence-corrected chi connectivity index (χ2v) is 9.05. The Kier molecular flexibility index (Phi) is 5.94. The number of rotatable bonds is 5. The summed E-state index contributed by atoms with van der Waals surface area (Å²) in [6, 6.07) is 14.3.